The monoisotopic (exact) mass is 283 g/mol. The minimum absolute atomic E-state index is 0.520. The zero-order valence-electron chi connectivity index (χ0n) is 11.9. The molecule has 0 saturated heterocycles. The van der Waals surface area contributed by atoms with Crippen LogP contribution in [0.5, 0.6) is 11.5 Å². The lowest BCUT2D eigenvalue weighted by Crippen LogP contribution is -1.91. The fraction of sp³-hybridized carbons (Fsp3) is 0.250. The molecule has 21 heavy (non-hydrogen) atoms. The first-order valence-corrected chi connectivity index (χ1v) is 7.05. The Labute approximate surface area is 122 Å². The summed E-state index contributed by atoms with van der Waals surface area (Å²) in [5.74, 6) is 1.34. The normalized spacial score (nSPS) is 10.9. The van der Waals surface area contributed by atoms with Gasteiger partial charge in [0.15, 0.2) is 16.8 Å². The third-order valence-corrected chi connectivity index (χ3v) is 3.38. The van der Waals surface area contributed by atoms with Gasteiger partial charge in [-0.1, -0.05) is 25.5 Å². The van der Waals surface area contributed by atoms with Crippen molar-refractivity contribution in [2.75, 3.05) is 5.73 Å². The molecule has 0 amide bonds. The van der Waals surface area contributed by atoms with E-state index in [1.54, 1.807) is 12.1 Å². The molecular formula is C16H17N3O2. The summed E-state index contributed by atoms with van der Waals surface area (Å²) in [6, 6.07) is 11.6. The van der Waals surface area contributed by atoms with Crippen LogP contribution in [-0.4, -0.2) is 10.3 Å². The Balaban J connectivity index is 1.82. The summed E-state index contributed by atoms with van der Waals surface area (Å²) >= 11 is 0. The van der Waals surface area contributed by atoms with Gasteiger partial charge in [0.1, 0.15) is 5.75 Å². The molecule has 0 atom stereocenters. The van der Waals surface area contributed by atoms with Crippen molar-refractivity contribution in [3.63, 3.8) is 0 Å². The number of nitrogen functional groups attached to an aromatic ring is 1. The molecule has 5 nitrogen and oxygen atoms in total. The number of nitrogens with two attached hydrogens (primary N) is 1. The molecule has 0 unspecified atom stereocenters. The van der Waals surface area contributed by atoms with Crippen molar-refractivity contribution in [2.24, 2.45) is 0 Å². The van der Waals surface area contributed by atoms with E-state index in [1.165, 1.54) is 18.4 Å². The lowest BCUT2D eigenvalue weighted by molar-refractivity contribution is 0.314. The molecule has 0 fully saturated rings. The number of hydrogen-bond donors (Lipinski definition) is 1. The molecule has 0 radical (unpaired) electrons. The number of rotatable bonds is 5. The third-order valence-electron chi connectivity index (χ3n) is 3.38. The lowest BCUT2D eigenvalue weighted by atomic mass is 10.1. The highest BCUT2D eigenvalue weighted by Gasteiger charge is 2.11. The zero-order chi connectivity index (χ0) is 14.7. The maximum Gasteiger partial charge on any atom is 0.179 e. The Kier molecular flexibility index (Phi) is 3.73. The average molecular weight is 283 g/mol. The minimum atomic E-state index is 0.520. The molecule has 1 aromatic heterocycles. The second-order valence-corrected chi connectivity index (χ2v) is 4.96. The topological polar surface area (TPSA) is 74.2 Å². The SMILES string of the molecule is CCCCc1ccc(Oc2ccc(N)c3nonc23)cc1. The molecule has 1 heterocycles. The smallest absolute Gasteiger partial charge is 0.179 e. The Morgan fingerprint density at radius 3 is 2.57 bits per heavy atom. The van der Waals surface area contributed by atoms with Crippen molar-refractivity contribution >= 4 is 16.7 Å². The van der Waals surface area contributed by atoms with E-state index in [9.17, 15) is 0 Å². The number of hydrogen-bond acceptors (Lipinski definition) is 5. The van der Waals surface area contributed by atoms with Gasteiger partial charge in [0.2, 0.25) is 0 Å². The van der Waals surface area contributed by atoms with Gasteiger partial charge < -0.3 is 10.5 Å². The van der Waals surface area contributed by atoms with E-state index in [-0.39, 0.29) is 0 Å². The summed E-state index contributed by atoms with van der Waals surface area (Å²) in [5, 5.41) is 7.62. The summed E-state index contributed by atoms with van der Waals surface area (Å²) in [6.07, 6.45) is 3.49. The van der Waals surface area contributed by atoms with Crippen LogP contribution < -0.4 is 10.5 Å². The Morgan fingerprint density at radius 1 is 1.05 bits per heavy atom. The largest absolute Gasteiger partial charge is 0.455 e. The molecular weight excluding hydrogens is 266 g/mol. The van der Waals surface area contributed by atoms with Gasteiger partial charge in [-0.3, -0.25) is 0 Å². The second-order valence-electron chi connectivity index (χ2n) is 4.96. The van der Waals surface area contributed by atoms with Crippen LogP contribution in [0, 0.1) is 0 Å². The molecule has 108 valence electrons. The number of benzene rings is 2. The molecule has 0 aliphatic heterocycles. The number of aromatic nitrogens is 2. The van der Waals surface area contributed by atoms with Crippen LogP contribution in [0.25, 0.3) is 11.0 Å². The predicted molar refractivity (Wildman–Crippen MR) is 81.3 cm³/mol. The summed E-state index contributed by atoms with van der Waals surface area (Å²) in [5.41, 5.74) is 8.70. The first-order valence-electron chi connectivity index (χ1n) is 7.05. The van der Waals surface area contributed by atoms with Crippen molar-refractivity contribution in [2.45, 2.75) is 26.2 Å². The van der Waals surface area contributed by atoms with Crippen LogP contribution in [0.15, 0.2) is 41.0 Å². The number of aryl methyl sites for hydroxylation is 1. The van der Waals surface area contributed by atoms with Crippen molar-refractivity contribution in [1.29, 1.82) is 0 Å². The molecule has 3 aromatic rings. The van der Waals surface area contributed by atoms with E-state index in [4.69, 9.17) is 15.1 Å². The number of ether oxygens (including phenoxy) is 1. The summed E-state index contributed by atoms with van der Waals surface area (Å²) in [6.45, 7) is 2.19. The second kappa shape index (κ2) is 5.83. The molecule has 0 spiro atoms. The highest BCUT2D eigenvalue weighted by molar-refractivity contribution is 5.90. The third kappa shape index (κ3) is 2.81. The number of unbranched alkanes of at least 4 members (excludes halogenated alkanes) is 1. The van der Waals surface area contributed by atoms with Crippen molar-refractivity contribution in [3.05, 3.63) is 42.0 Å². The van der Waals surface area contributed by atoms with E-state index in [0.29, 0.717) is 22.5 Å². The van der Waals surface area contributed by atoms with Gasteiger partial charge in [-0.15, -0.1) is 0 Å². The van der Waals surface area contributed by atoms with Crippen LogP contribution in [-0.2, 0) is 6.42 Å². The summed E-state index contributed by atoms with van der Waals surface area (Å²) < 4.78 is 10.6. The number of anilines is 1. The van der Waals surface area contributed by atoms with Gasteiger partial charge in [0.05, 0.1) is 5.69 Å². The van der Waals surface area contributed by atoms with Gasteiger partial charge in [0.25, 0.3) is 0 Å². The first-order chi connectivity index (χ1) is 10.3. The lowest BCUT2D eigenvalue weighted by Gasteiger charge is -2.07. The van der Waals surface area contributed by atoms with E-state index in [0.717, 1.165) is 12.2 Å². The van der Waals surface area contributed by atoms with Crippen molar-refractivity contribution in [1.82, 2.24) is 10.3 Å². The fourth-order valence-corrected chi connectivity index (χ4v) is 2.18. The predicted octanol–water partition coefficient (Wildman–Crippen LogP) is 3.94. The minimum Gasteiger partial charge on any atom is -0.455 e. The Morgan fingerprint density at radius 2 is 1.81 bits per heavy atom. The van der Waals surface area contributed by atoms with Crippen LogP contribution >= 0.6 is 0 Å². The first kappa shape index (κ1) is 13.4. The van der Waals surface area contributed by atoms with Crippen LogP contribution in [0.1, 0.15) is 25.3 Å². The molecule has 5 heteroatoms. The van der Waals surface area contributed by atoms with Gasteiger partial charge >= 0.3 is 0 Å². The van der Waals surface area contributed by atoms with Crippen molar-refractivity contribution < 1.29 is 9.37 Å². The molecule has 2 N–H and O–H groups in total. The quantitative estimate of drug-likeness (QED) is 0.718. The summed E-state index contributed by atoms with van der Waals surface area (Å²) in [4.78, 5) is 0. The molecule has 0 saturated carbocycles. The van der Waals surface area contributed by atoms with Gasteiger partial charge in [-0.25, -0.2) is 4.63 Å². The van der Waals surface area contributed by atoms with Crippen LogP contribution in [0.3, 0.4) is 0 Å². The van der Waals surface area contributed by atoms with E-state index < -0.39 is 0 Å². The number of nitrogens with zero attached hydrogens (tertiary/aromatic N) is 2. The Bertz CT molecular complexity index is 735. The zero-order valence-corrected chi connectivity index (χ0v) is 11.9. The molecule has 2 aromatic carbocycles. The highest BCUT2D eigenvalue weighted by Crippen LogP contribution is 2.31. The molecule has 0 bridgehead atoms. The van der Waals surface area contributed by atoms with Crippen LogP contribution in [0.4, 0.5) is 5.69 Å². The average Bonchev–Trinajstić information content (AvgIpc) is 3.00. The fourth-order valence-electron chi connectivity index (χ4n) is 2.18. The van der Waals surface area contributed by atoms with Gasteiger partial charge in [0, 0.05) is 0 Å². The molecule has 3 rings (SSSR count). The van der Waals surface area contributed by atoms with E-state index in [1.807, 2.05) is 12.1 Å². The molecule has 0 aliphatic carbocycles. The maximum atomic E-state index is 5.85. The van der Waals surface area contributed by atoms with Crippen LogP contribution in [0.2, 0.25) is 0 Å². The maximum absolute atomic E-state index is 5.85. The van der Waals surface area contributed by atoms with Gasteiger partial charge in [-0.2, -0.15) is 0 Å². The van der Waals surface area contributed by atoms with E-state index in [2.05, 4.69) is 29.4 Å². The highest BCUT2D eigenvalue weighted by atomic mass is 16.6. The van der Waals surface area contributed by atoms with Gasteiger partial charge in [-0.05, 0) is 53.0 Å². The number of fused-ring (bicyclic) bond motifs is 1. The Hall–Kier alpha value is -2.56. The van der Waals surface area contributed by atoms with E-state index >= 15 is 0 Å². The molecule has 0 aliphatic rings. The van der Waals surface area contributed by atoms with Crippen molar-refractivity contribution in [3.8, 4) is 11.5 Å². The summed E-state index contributed by atoms with van der Waals surface area (Å²) in [7, 11) is 0. The standard InChI is InChI=1S/C16H17N3O2/c1-2-3-4-11-5-7-12(8-6-11)20-14-10-9-13(17)15-16(14)19-21-18-15/h5-10H,2-4,17H2,1H3.